The minimum absolute atomic E-state index is 0.517. The van der Waals surface area contributed by atoms with E-state index in [9.17, 15) is 5.11 Å². The fourth-order valence-electron chi connectivity index (χ4n) is 1.48. The van der Waals surface area contributed by atoms with Crippen molar-refractivity contribution in [1.82, 2.24) is 9.78 Å². The first-order chi connectivity index (χ1) is 7.58. The largest absolute Gasteiger partial charge is 0.388 e. The number of nitrogens with zero attached hydrogens (tertiary/aromatic N) is 2. The predicted octanol–water partition coefficient (Wildman–Crippen LogP) is 2.10. The zero-order valence-electron chi connectivity index (χ0n) is 8.72. The molecule has 0 aliphatic carbocycles. The highest BCUT2D eigenvalue weighted by Gasteiger charge is 2.15. The topological polar surface area (TPSA) is 64.1 Å². The maximum absolute atomic E-state index is 10.0. The van der Waals surface area contributed by atoms with Crippen LogP contribution in [0.2, 0.25) is 0 Å². The summed E-state index contributed by atoms with van der Waals surface area (Å²) in [5.74, 6) is 0.517. The summed E-state index contributed by atoms with van der Waals surface area (Å²) in [6, 6.07) is 2.00. The van der Waals surface area contributed by atoms with E-state index in [1.54, 1.807) is 29.3 Å². The average molecular weight is 302 g/mol. The minimum Gasteiger partial charge on any atom is -0.388 e. The van der Waals surface area contributed by atoms with Crippen molar-refractivity contribution < 1.29 is 5.11 Å². The number of thiophene rings is 1. The molecule has 4 nitrogen and oxygen atoms in total. The van der Waals surface area contributed by atoms with Crippen LogP contribution >= 0.6 is 27.3 Å². The van der Waals surface area contributed by atoms with Crippen molar-refractivity contribution in [2.75, 3.05) is 5.73 Å². The smallest absolute Gasteiger partial charge is 0.127 e. The van der Waals surface area contributed by atoms with Gasteiger partial charge >= 0.3 is 0 Å². The lowest BCUT2D eigenvalue weighted by Gasteiger charge is -2.08. The lowest BCUT2D eigenvalue weighted by Crippen LogP contribution is -2.05. The summed E-state index contributed by atoms with van der Waals surface area (Å²) in [7, 11) is 1.76. The lowest BCUT2D eigenvalue weighted by atomic mass is 10.1. The SMILES string of the molecule is Cn1ncc(C(O)Cc2cc(Br)cs2)c1N. The summed E-state index contributed by atoms with van der Waals surface area (Å²) in [5, 5.41) is 16.0. The number of aliphatic hydroxyl groups is 1. The molecule has 6 heteroatoms. The number of aryl methyl sites for hydroxylation is 1. The monoisotopic (exact) mass is 301 g/mol. The zero-order chi connectivity index (χ0) is 11.7. The third-order valence-electron chi connectivity index (χ3n) is 2.39. The lowest BCUT2D eigenvalue weighted by molar-refractivity contribution is 0.180. The first-order valence-corrected chi connectivity index (χ1v) is 6.43. The number of halogens is 1. The molecule has 0 bridgehead atoms. The highest BCUT2D eigenvalue weighted by molar-refractivity contribution is 9.10. The Labute approximate surface area is 106 Å². The van der Waals surface area contributed by atoms with Gasteiger partial charge in [-0.3, -0.25) is 4.68 Å². The van der Waals surface area contributed by atoms with E-state index in [0.29, 0.717) is 17.8 Å². The Kier molecular flexibility index (Phi) is 3.32. The average Bonchev–Trinajstić information content (AvgIpc) is 2.76. The Bertz CT molecular complexity index is 494. The molecule has 0 aliphatic rings. The Morgan fingerprint density at radius 3 is 2.94 bits per heavy atom. The van der Waals surface area contributed by atoms with Gasteiger partial charge in [0, 0.05) is 33.8 Å². The predicted molar refractivity (Wildman–Crippen MR) is 68.3 cm³/mol. The number of hydrogen-bond acceptors (Lipinski definition) is 4. The second-order valence-electron chi connectivity index (χ2n) is 3.56. The molecule has 0 aromatic carbocycles. The van der Waals surface area contributed by atoms with Crippen LogP contribution in [-0.4, -0.2) is 14.9 Å². The highest BCUT2D eigenvalue weighted by atomic mass is 79.9. The summed E-state index contributed by atoms with van der Waals surface area (Å²) < 4.78 is 2.60. The van der Waals surface area contributed by atoms with E-state index in [4.69, 9.17) is 5.73 Å². The number of nitrogens with two attached hydrogens (primary N) is 1. The van der Waals surface area contributed by atoms with Crippen LogP contribution in [0.25, 0.3) is 0 Å². The van der Waals surface area contributed by atoms with E-state index in [-0.39, 0.29) is 0 Å². The number of aromatic nitrogens is 2. The summed E-state index contributed by atoms with van der Waals surface area (Å²) in [6.07, 6.45) is 1.58. The molecule has 0 fully saturated rings. The van der Waals surface area contributed by atoms with Crippen molar-refractivity contribution in [3.05, 3.63) is 32.6 Å². The summed E-state index contributed by atoms with van der Waals surface area (Å²) in [6.45, 7) is 0. The van der Waals surface area contributed by atoms with Gasteiger partial charge in [0.25, 0.3) is 0 Å². The molecule has 0 saturated heterocycles. The molecule has 2 rings (SSSR count). The Balaban J connectivity index is 2.14. The molecule has 0 saturated carbocycles. The molecule has 0 aliphatic heterocycles. The normalized spacial score (nSPS) is 12.9. The molecular formula is C10H12BrN3OS. The van der Waals surface area contributed by atoms with Gasteiger partial charge in [0.15, 0.2) is 0 Å². The molecule has 1 unspecified atom stereocenters. The van der Waals surface area contributed by atoms with Crippen LogP contribution in [0.5, 0.6) is 0 Å². The maximum atomic E-state index is 10.0. The van der Waals surface area contributed by atoms with Crippen LogP contribution < -0.4 is 5.73 Å². The molecule has 3 N–H and O–H groups in total. The van der Waals surface area contributed by atoms with Crippen LogP contribution in [-0.2, 0) is 13.5 Å². The van der Waals surface area contributed by atoms with Gasteiger partial charge in [-0.05, 0) is 22.0 Å². The maximum Gasteiger partial charge on any atom is 0.127 e. The number of aliphatic hydroxyl groups excluding tert-OH is 1. The molecule has 0 amide bonds. The Morgan fingerprint density at radius 2 is 2.44 bits per heavy atom. The molecule has 86 valence electrons. The van der Waals surface area contributed by atoms with Gasteiger partial charge in [0.05, 0.1) is 12.3 Å². The molecule has 2 heterocycles. The van der Waals surface area contributed by atoms with Crippen molar-refractivity contribution >= 4 is 33.1 Å². The van der Waals surface area contributed by atoms with E-state index in [0.717, 1.165) is 9.35 Å². The molecule has 0 spiro atoms. The van der Waals surface area contributed by atoms with Gasteiger partial charge in [-0.1, -0.05) is 0 Å². The van der Waals surface area contributed by atoms with E-state index in [1.165, 1.54) is 0 Å². The van der Waals surface area contributed by atoms with Crippen LogP contribution in [0.15, 0.2) is 22.1 Å². The summed E-state index contributed by atoms with van der Waals surface area (Å²) in [4.78, 5) is 1.11. The van der Waals surface area contributed by atoms with E-state index >= 15 is 0 Å². The van der Waals surface area contributed by atoms with E-state index in [1.807, 2.05) is 11.4 Å². The number of rotatable bonds is 3. The Morgan fingerprint density at radius 1 is 1.69 bits per heavy atom. The van der Waals surface area contributed by atoms with Crippen molar-refractivity contribution in [3.63, 3.8) is 0 Å². The van der Waals surface area contributed by atoms with Crippen molar-refractivity contribution in [2.24, 2.45) is 7.05 Å². The number of hydrogen-bond donors (Lipinski definition) is 2. The van der Waals surface area contributed by atoms with Crippen molar-refractivity contribution in [3.8, 4) is 0 Å². The zero-order valence-corrected chi connectivity index (χ0v) is 11.1. The standard InChI is InChI=1S/C10H12BrN3OS/c1-14-10(12)8(4-13-14)9(15)3-7-2-6(11)5-16-7/h2,4-5,9,15H,3,12H2,1H3. The van der Waals surface area contributed by atoms with Crippen LogP contribution in [0.4, 0.5) is 5.82 Å². The third-order valence-corrected chi connectivity index (χ3v) is 4.11. The quantitative estimate of drug-likeness (QED) is 0.912. The van der Waals surface area contributed by atoms with E-state index in [2.05, 4.69) is 21.0 Å². The van der Waals surface area contributed by atoms with Crippen LogP contribution in [0.1, 0.15) is 16.5 Å². The second kappa shape index (κ2) is 4.57. The van der Waals surface area contributed by atoms with Crippen LogP contribution in [0.3, 0.4) is 0 Å². The Hall–Kier alpha value is -0.850. The molecule has 2 aromatic rings. The second-order valence-corrected chi connectivity index (χ2v) is 5.47. The van der Waals surface area contributed by atoms with Gasteiger partial charge < -0.3 is 10.8 Å². The first-order valence-electron chi connectivity index (χ1n) is 4.76. The molecule has 0 radical (unpaired) electrons. The molecular weight excluding hydrogens is 290 g/mol. The van der Waals surface area contributed by atoms with Crippen LogP contribution in [0, 0.1) is 0 Å². The van der Waals surface area contributed by atoms with Gasteiger partial charge in [-0.15, -0.1) is 11.3 Å². The fraction of sp³-hybridized carbons (Fsp3) is 0.300. The molecule has 1 atom stereocenters. The van der Waals surface area contributed by atoms with E-state index < -0.39 is 6.10 Å². The number of anilines is 1. The van der Waals surface area contributed by atoms with Crippen molar-refractivity contribution in [1.29, 1.82) is 0 Å². The van der Waals surface area contributed by atoms with Gasteiger partial charge in [-0.25, -0.2) is 0 Å². The fourth-order valence-corrected chi connectivity index (χ4v) is 2.97. The third kappa shape index (κ3) is 2.28. The summed E-state index contributed by atoms with van der Waals surface area (Å²) >= 11 is 4.99. The van der Waals surface area contributed by atoms with Gasteiger partial charge in [0.1, 0.15) is 5.82 Å². The number of nitrogen functional groups attached to an aromatic ring is 1. The molecule has 16 heavy (non-hydrogen) atoms. The highest BCUT2D eigenvalue weighted by Crippen LogP contribution is 2.27. The summed E-state index contributed by atoms with van der Waals surface area (Å²) in [5.41, 5.74) is 6.48. The first kappa shape index (κ1) is 11.6. The minimum atomic E-state index is -0.598. The molecule has 2 aromatic heterocycles. The van der Waals surface area contributed by atoms with Gasteiger partial charge in [0.2, 0.25) is 0 Å². The van der Waals surface area contributed by atoms with Crippen molar-refractivity contribution in [2.45, 2.75) is 12.5 Å². The van der Waals surface area contributed by atoms with Gasteiger partial charge in [-0.2, -0.15) is 5.10 Å².